The molecule has 0 aliphatic heterocycles. The number of unbranched alkanes of at least 4 members (excludes halogenated alkanes) is 5. The van der Waals surface area contributed by atoms with Gasteiger partial charge >= 0.3 is 0 Å². The number of rotatable bonds is 9. The number of aromatic nitrogens is 1. The van der Waals surface area contributed by atoms with Crippen LogP contribution in [0.5, 0.6) is 17.2 Å². The molecule has 0 saturated carbocycles. The van der Waals surface area contributed by atoms with Gasteiger partial charge in [0.05, 0.1) is 19.2 Å². The van der Waals surface area contributed by atoms with Crippen LogP contribution in [0.15, 0.2) is 23.0 Å². The third-order valence-corrected chi connectivity index (χ3v) is 3.88. The van der Waals surface area contributed by atoms with Gasteiger partial charge in [-0.25, -0.2) is 0 Å². The molecule has 1 heterocycles. The maximum absolute atomic E-state index is 11.7. The van der Waals surface area contributed by atoms with Crippen LogP contribution in [0.4, 0.5) is 0 Å². The van der Waals surface area contributed by atoms with Crippen molar-refractivity contribution in [1.82, 2.24) is 4.98 Å². The highest BCUT2D eigenvalue weighted by Crippen LogP contribution is 2.32. The highest BCUT2D eigenvalue weighted by atomic mass is 16.5. The summed E-state index contributed by atoms with van der Waals surface area (Å²) in [4.78, 5) is 14.3. The molecule has 0 atom stereocenters. The molecule has 0 fully saturated rings. The van der Waals surface area contributed by atoms with Gasteiger partial charge in [0, 0.05) is 11.5 Å². The van der Waals surface area contributed by atoms with Crippen molar-refractivity contribution >= 4 is 10.9 Å². The molecule has 0 bridgehead atoms. The van der Waals surface area contributed by atoms with Crippen LogP contribution < -0.4 is 15.0 Å². The van der Waals surface area contributed by atoms with E-state index in [1.54, 1.807) is 12.1 Å². The van der Waals surface area contributed by atoms with E-state index in [0.29, 0.717) is 23.3 Å². The molecule has 2 N–H and O–H groups in total. The van der Waals surface area contributed by atoms with Gasteiger partial charge in [-0.2, -0.15) is 0 Å². The van der Waals surface area contributed by atoms with Crippen molar-refractivity contribution in [1.29, 1.82) is 0 Å². The molecule has 0 aliphatic carbocycles. The van der Waals surface area contributed by atoms with Crippen LogP contribution in [0, 0.1) is 0 Å². The Morgan fingerprint density at radius 2 is 1.87 bits per heavy atom. The van der Waals surface area contributed by atoms with E-state index in [4.69, 9.17) is 9.47 Å². The lowest BCUT2D eigenvalue weighted by Gasteiger charge is -2.10. The summed E-state index contributed by atoms with van der Waals surface area (Å²) < 4.78 is 10.9. The van der Waals surface area contributed by atoms with E-state index in [1.165, 1.54) is 39.2 Å². The Kier molecular flexibility index (Phi) is 6.32. The van der Waals surface area contributed by atoms with Crippen LogP contribution in [0.25, 0.3) is 10.9 Å². The lowest BCUT2D eigenvalue weighted by Crippen LogP contribution is -2.07. The first-order valence-electron chi connectivity index (χ1n) is 8.23. The van der Waals surface area contributed by atoms with E-state index >= 15 is 0 Å². The Balaban J connectivity index is 1.98. The number of hydrogen-bond donors (Lipinski definition) is 2. The summed E-state index contributed by atoms with van der Waals surface area (Å²) in [6, 6.07) is 5.36. The van der Waals surface area contributed by atoms with Crippen molar-refractivity contribution in [2.75, 3.05) is 13.7 Å². The first-order valence-corrected chi connectivity index (χ1v) is 8.23. The number of methoxy groups -OCH3 is 1. The van der Waals surface area contributed by atoms with Crippen molar-refractivity contribution < 1.29 is 14.6 Å². The molecule has 1 aromatic heterocycles. The molecule has 23 heavy (non-hydrogen) atoms. The summed E-state index contributed by atoms with van der Waals surface area (Å²) in [6.45, 7) is 2.87. The van der Waals surface area contributed by atoms with Gasteiger partial charge in [-0.15, -0.1) is 0 Å². The lowest BCUT2D eigenvalue weighted by molar-refractivity contribution is 0.304. The predicted octanol–water partition coefficient (Wildman–Crippen LogP) is 3.98. The molecule has 0 aliphatic rings. The average molecular weight is 319 g/mol. The fraction of sp³-hybridized carbons (Fsp3) is 0.500. The third kappa shape index (κ3) is 4.41. The number of benzene rings is 1. The molecule has 0 amide bonds. The Morgan fingerprint density at radius 1 is 1.13 bits per heavy atom. The quantitative estimate of drug-likeness (QED) is 0.686. The molecule has 0 unspecified atom stereocenters. The molecule has 0 radical (unpaired) electrons. The van der Waals surface area contributed by atoms with Gasteiger partial charge in [0.15, 0.2) is 5.75 Å². The fourth-order valence-corrected chi connectivity index (χ4v) is 2.61. The Morgan fingerprint density at radius 3 is 2.61 bits per heavy atom. The molecular weight excluding hydrogens is 294 g/mol. The fourth-order valence-electron chi connectivity index (χ4n) is 2.61. The molecule has 1 aromatic carbocycles. The van der Waals surface area contributed by atoms with Crippen molar-refractivity contribution in [2.24, 2.45) is 0 Å². The van der Waals surface area contributed by atoms with Crippen molar-refractivity contribution in [2.45, 2.75) is 45.4 Å². The zero-order valence-corrected chi connectivity index (χ0v) is 13.9. The van der Waals surface area contributed by atoms with E-state index in [-0.39, 0.29) is 5.75 Å². The smallest absolute Gasteiger partial charge is 0.294 e. The number of pyridine rings is 1. The molecule has 0 spiro atoms. The second-order valence-corrected chi connectivity index (χ2v) is 5.66. The minimum Gasteiger partial charge on any atom is -0.500 e. The van der Waals surface area contributed by atoms with Gasteiger partial charge in [-0.1, -0.05) is 39.0 Å². The molecule has 2 rings (SSSR count). The number of nitrogens with one attached hydrogen (secondary N) is 1. The van der Waals surface area contributed by atoms with E-state index in [1.807, 2.05) is 6.07 Å². The zero-order valence-electron chi connectivity index (χ0n) is 13.9. The number of aromatic hydroxyl groups is 1. The number of H-pyrrole nitrogens is 1. The number of hydrogen-bond acceptors (Lipinski definition) is 4. The highest BCUT2D eigenvalue weighted by Gasteiger charge is 2.12. The van der Waals surface area contributed by atoms with Crippen LogP contribution in [0.3, 0.4) is 0 Å². The molecular formula is C18H25NO4. The zero-order chi connectivity index (χ0) is 16.7. The van der Waals surface area contributed by atoms with Gasteiger partial charge in [-0.3, -0.25) is 4.79 Å². The lowest BCUT2D eigenvalue weighted by atomic mass is 10.1. The summed E-state index contributed by atoms with van der Waals surface area (Å²) in [6.07, 6.45) is 7.29. The van der Waals surface area contributed by atoms with Crippen LogP contribution in [-0.2, 0) is 0 Å². The van der Waals surface area contributed by atoms with Gasteiger partial charge in [0.2, 0.25) is 5.75 Å². The summed E-state index contributed by atoms with van der Waals surface area (Å²) in [5.41, 5.74) is 0.0209. The Labute approximate surface area is 136 Å². The van der Waals surface area contributed by atoms with Crippen LogP contribution in [0.1, 0.15) is 45.4 Å². The largest absolute Gasteiger partial charge is 0.500 e. The van der Waals surface area contributed by atoms with E-state index in [9.17, 15) is 9.90 Å². The maximum Gasteiger partial charge on any atom is 0.294 e. The Hall–Kier alpha value is -2.17. The number of aromatic amines is 1. The monoisotopic (exact) mass is 319 g/mol. The highest BCUT2D eigenvalue weighted by molar-refractivity contribution is 5.88. The molecule has 2 aromatic rings. The van der Waals surface area contributed by atoms with E-state index < -0.39 is 11.3 Å². The average Bonchev–Trinajstić information content (AvgIpc) is 2.55. The summed E-state index contributed by atoms with van der Waals surface area (Å²) >= 11 is 0. The summed E-state index contributed by atoms with van der Waals surface area (Å²) in [5.74, 6) is 0.487. The van der Waals surface area contributed by atoms with Crippen molar-refractivity contribution in [3.8, 4) is 17.2 Å². The second-order valence-electron chi connectivity index (χ2n) is 5.66. The molecule has 5 heteroatoms. The van der Waals surface area contributed by atoms with Crippen LogP contribution in [0.2, 0.25) is 0 Å². The summed E-state index contributed by atoms with van der Waals surface area (Å²) in [5, 5.41) is 10.4. The molecule has 126 valence electrons. The minimum atomic E-state index is -0.567. The van der Waals surface area contributed by atoms with Crippen LogP contribution >= 0.6 is 0 Å². The Bertz CT molecular complexity index is 693. The standard InChI is InChI=1S/C18H25NO4/c1-3-4-5-6-7-8-11-23-13-9-10-14-15(12-13)19-18(21)16(20)17(14)22-2/h9-10,12,20H,3-8,11H2,1-2H3,(H,19,21). The van der Waals surface area contributed by atoms with Gasteiger partial charge in [0.25, 0.3) is 5.56 Å². The SMILES string of the molecule is CCCCCCCCOc1ccc2c(OC)c(O)c(=O)[nH]c2c1. The maximum atomic E-state index is 11.7. The van der Waals surface area contributed by atoms with E-state index in [0.717, 1.165) is 6.42 Å². The van der Waals surface area contributed by atoms with Gasteiger partial charge in [-0.05, 0) is 18.6 Å². The van der Waals surface area contributed by atoms with E-state index in [2.05, 4.69) is 11.9 Å². The van der Waals surface area contributed by atoms with Gasteiger partial charge in [0.1, 0.15) is 5.75 Å². The van der Waals surface area contributed by atoms with Crippen molar-refractivity contribution in [3.63, 3.8) is 0 Å². The van der Waals surface area contributed by atoms with Crippen molar-refractivity contribution in [3.05, 3.63) is 28.6 Å². The number of fused-ring (bicyclic) bond motifs is 1. The molecule has 5 nitrogen and oxygen atoms in total. The summed E-state index contributed by atoms with van der Waals surface area (Å²) in [7, 11) is 1.43. The minimum absolute atomic E-state index is 0.186. The third-order valence-electron chi connectivity index (χ3n) is 3.88. The predicted molar refractivity (Wildman–Crippen MR) is 91.7 cm³/mol. The number of ether oxygens (including phenoxy) is 2. The normalized spacial score (nSPS) is 10.9. The van der Waals surface area contributed by atoms with Crippen LogP contribution in [-0.4, -0.2) is 23.8 Å². The molecule has 0 saturated heterocycles. The van der Waals surface area contributed by atoms with Gasteiger partial charge < -0.3 is 19.6 Å². The first kappa shape index (κ1) is 17.2. The second kappa shape index (κ2) is 8.46. The topological polar surface area (TPSA) is 71.5 Å². The first-order chi connectivity index (χ1) is 11.2.